The van der Waals surface area contributed by atoms with E-state index in [0.717, 1.165) is 56.8 Å². The molecule has 2 fully saturated rings. The molecule has 1 aromatic heterocycles. The lowest BCUT2D eigenvalue weighted by Gasteiger charge is -2.38. The van der Waals surface area contributed by atoms with E-state index in [1.807, 2.05) is 13.1 Å². The molecule has 1 atom stereocenters. The molecule has 1 aromatic rings. The molecule has 2 heterocycles. The third kappa shape index (κ3) is 6.59. The Bertz CT molecular complexity index is 565. The highest BCUT2D eigenvalue weighted by molar-refractivity contribution is 14.0. The van der Waals surface area contributed by atoms with Crippen molar-refractivity contribution < 1.29 is 4.52 Å². The average molecular weight is 504 g/mol. The molecule has 0 spiro atoms. The van der Waals surface area contributed by atoms with Gasteiger partial charge >= 0.3 is 0 Å². The van der Waals surface area contributed by atoms with Crippen LogP contribution in [0.3, 0.4) is 0 Å². The van der Waals surface area contributed by atoms with Gasteiger partial charge in [0.15, 0.2) is 5.96 Å². The summed E-state index contributed by atoms with van der Waals surface area (Å²) >= 11 is 0. The Kier molecular flexibility index (Phi) is 10.0. The van der Waals surface area contributed by atoms with E-state index in [-0.39, 0.29) is 24.0 Å². The molecule has 28 heavy (non-hydrogen) atoms. The Hall–Kier alpha value is -0.870. The van der Waals surface area contributed by atoms with E-state index < -0.39 is 0 Å². The highest BCUT2D eigenvalue weighted by Gasteiger charge is 2.26. The maximum absolute atomic E-state index is 4.94. The van der Waals surface area contributed by atoms with Gasteiger partial charge in [-0.25, -0.2) is 0 Å². The van der Waals surface area contributed by atoms with Crippen LogP contribution in [0.1, 0.15) is 37.8 Å². The summed E-state index contributed by atoms with van der Waals surface area (Å²) in [6, 6.07) is 2.52. The van der Waals surface area contributed by atoms with Crippen LogP contribution >= 0.6 is 24.0 Å². The molecule has 1 N–H and O–H groups in total. The van der Waals surface area contributed by atoms with Gasteiger partial charge in [0.1, 0.15) is 6.26 Å². The van der Waals surface area contributed by atoms with Gasteiger partial charge in [-0.1, -0.05) is 24.4 Å². The van der Waals surface area contributed by atoms with Crippen LogP contribution in [0.2, 0.25) is 0 Å². The summed E-state index contributed by atoms with van der Waals surface area (Å²) in [5, 5.41) is 7.69. The van der Waals surface area contributed by atoms with Gasteiger partial charge in [0.2, 0.25) is 0 Å². The minimum atomic E-state index is 0. The van der Waals surface area contributed by atoms with Crippen LogP contribution < -0.4 is 5.32 Å². The van der Waals surface area contributed by atoms with Crippen molar-refractivity contribution in [3.63, 3.8) is 0 Å². The van der Waals surface area contributed by atoms with E-state index in [4.69, 9.17) is 4.52 Å². The van der Waals surface area contributed by atoms with Crippen LogP contribution in [-0.2, 0) is 6.54 Å². The standard InChI is InChI=1S/C20H36N6O.HI/c1-21-20(22-15-19(24(2)3)17-7-5-4-6-8-17)26-12-10-25(11-13-26)16-18-9-14-27-23-18;/h9,14,17,19H,4-8,10-13,15-16H2,1-3H3,(H,21,22);1H. The molecule has 7 nitrogen and oxygen atoms in total. The fraction of sp³-hybridized carbons (Fsp3) is 0.800. The fourth-order valence-corrected chi connectivity index (χ4v) is 4.48. The molecule has 1 aliphatic carbocycles. The van der Waals surface area contributed by atoms with Crippen molar-refractivity contribution in [2.24, 2.45) is 10.9 Å². The molecule has 8 heteroatoms. The lowest BCUT2D eigenvalue weighted by Crippen LogP contribution is -2.54. The van der Waals surface area contributed by atoms with Gasteiger partial charge in [0.05, 0.1) is 5.69 Å². The first-order valence-electron chi connectivity index (χ1n) is 10.4. The van der Waals surface area contributed by atoms with E-state index >= 15 is 0 Å². The average Bonchev–Trinajstić information content (AvgIpc) is 3.20. The number of guanidine groups is 1. The molecule has 0 amide bonds. The predicted molar refractivity (Wildman–Crippen MR) is 124 cm³/mol. The number of hydrogen-bond donors (Lipinski definition) is 1. The maximum Gasteiger partial charge on any atom is 0.193 e. The SMILES string of the molecule is CN=C(NCC(C1CCCCC1)N(C)C)N1CCN(Cc2ccon2)CC1.I. The quantitative estimate of drug-likeness (QED) is 0.365. The Morgan fingerprint density at radius 3 is 2.54 bits per heavy atom. The minimum absolute atomic E-state index is 0. The summed E-state index contributed by atoms with van der Waals surface area (Å²) in [5.74, 6) is 1.84. The first kappa shape index (κ1) is 23.4. The lowest BCUT2D eigenvalue weighted by atomic mass is 9.83. The van der Waals surface area contributed by atoms with Gasteiger partial charge in [-0.2, -0.15) is 0 Å². The number of likely N-dealkylation sites (N-methyl/N-ethyl adjacent to an activating group) is 1. The zero-order valence-corrected chi connectivity index (χ0v) is 20.0. The minimum Gasteiger partial charge on any atom is -0.364 e. The van der Waals surface area contributed by atoms with Crippen molar-refractivity contribution in [1.29, 1.82) is 0 Å². The molecular weight excluding hydrogens is 467 g/mol. The van der Waals surface area contributed by atoms with E-state index in [1.165, 1.54) is 32.1 Å². The van der Waals surface area contributed by atoms with Crippen molar-refractivity contribution in [2.75, 3.05) is 53.9 Å². The van der Waals surface area contributed by atoms with Crippen molar-refractivity contribution in [1.82, 2.24) is 25.2 Å². The molecule has 0 radical (unpaired) electrons. The summed E-state index contributed by atoms with van der Waals surface area (Å²) in [4.78, 5) is 11.8. The van der Waals surface area contributed by atoms with Gasteiger partial charge < -0.3 is 19.6 Å². The molecule has 2 aliphatic rings. The highest BCUT2D eigenvalue weighted by atomic mass is 127. The molecule has 160 valence electrons. The first-order valence-corrected chi connectivity index (χ1v) is 10.4. The van der Waals surface area contributed by atoms with E-state index in [0.29, 0.717) is 6.04 Å². The van der Waals surface area contributed by atoms with E-state index in [2.05, 4.69) is 44.3 Å². The lowest BCUT2D eigenvalue weighted by molar-refractivity contribution is 0.159. The van der Waals surface area contributed by atoms with Crippen molar-refractivity contribution in [3.8, 4) is 0 Å². The molecule has 0 aromatic carbocycles. The van der Waals surface area contributed by atoms with Crippen LogP contribution in [0.25, 0.3) is 0 Å². The number of nitrogens with one attached hydrogen (secondary N) is 1. The van der Waals surface area contributed by atoms with E-state index in [1.54, 1.807) is 6.26 Å². The number of aromatic nitrogens is 1. The molecule has 1 aliphatic heterocycles. The summed E-state index contributed by atoms with van der Waals surface area (Å²) in [7, 11) is 6.33. The molecule has 0 bridgehead atoms. The van der Waals surface area contributed by atoms with Gasteiger partial charge in [-0.15, -0.1) is 24.0 Å². The molecule has 3 rings (SSSR count). The molecular formula is C20H37IN6O. The topological polar surface area (TPSA) is 60.1 Å². The smallest absolute Gasteiger partial charge is 0.193 e. The molecule has 1 unspecified atom stereocenters. The Balaban J connectivity index is 0.00000280. The van der Waals surface area contributed by atoms with Crippen LogP contribution in [0.4, 0.5) is 0 Å². The number of halogens is 1. The number of hydrogen-bond acceptors (Lipinski definition) is 5. The van der Waals surface area contributed by atoms with Gasteiger partial charge in [-0.05, 0) is 32.9 Å². The summed E-state index contributed by atoms with van der Waals surface area (Å²) in [6.45, 7) is 5.87. The van der Waals surface area contributed by atoms with Gasteiger partial charge in [0, 0.05) is 58.4 Å². The third-order valence-electron chi connectivity index (χ3n) is 6.09. The van der Waals surface area contributed by atoms with Crippen LogP contribution in [0.5, 0.6) is 0 Å². The van der Waals surface area contributed by atoms with Gasteiger partial charge in [0.25, 0.3) is 0 Å². The molecule has 1 saturated heterocycles. The van der Waals surface area contributed by atoms with Crippen LogP contribution in [0.15, 0.2) is 21.8 Å². The van der Waals surface area contributed by atoms with E-state index in [9.17, 15) is 0 Å². The van der Waals surface area contributed by atoms with Crippen molar-refractivity contribution in [2.45, 2.75) is 44.7 Å². The number of piperazine rings is 1. The van der Waals surface area contributed by atoms with Crippen molar-refractivity contribution in [3.05, 3.63) is 18.0 Å². The summed E-state index contributed by atoms with van der Waals surface area (Å²) in [6.07, 6.45) is 8.55. The zero-order valence-electron chi connectivity index (χ0n) is 17.6. The van der Waals surface area contributed by atoms with Crippen molar-refractivity contribution >= 4 is 29.9 Å². The Labute approximate surface area is 186 Å². The Morgan fingerprint density at radius 1 is 1.25 bits per heavy atom. The zero-order chi connectivity index (χ0) is 19.1. The Morgan fingerprint density at radius 2 is 1.96 bits per heavy atom. The van der Waals surface area contributed by atoms with Crippen LogP contribution in [0, 0.1) is 5.92 Å². The maximum atomic E-state index is 4.94. The first-order chi connectivity index (χ1) is 13.2. The second-order valence-electron chi connectivity index (χ2n) is 8.11. The number of rotatable bonds is 6. The predicted octanol–water partition coefficient (Wildman–Crippen LogP) is 2.50. The van der Waals surface area contributed by atoms with Crippen LogP contribution in [-0.4, -0.2) is 85.7 Å². The second-order valence-corrected chi connectivity index (χ2v) is 8.11. The van der Waals surface area contributed by atoms with Gasteiger partial charge in [-0.3, -0.25) is 9.89 Å². The largest absolute Gasteiger partial charge is 0.364 e. The fourth-order valence-electron chi connectivity index (χ4n) is 4.48. The normalized spacial score (nSPS) is 20.9. The second kappa shape index (κ2) is 12.0. The summed E-state index contributed by atoms with van der Waals surface area (Å²) < 4.78 is 4.94. The third-order valence-corrected chi connectivity index (χ3v) is 6.09. The number of aliphatic imine (C=N–C) groups is 1. The summed E-state index contributed by atoms with van der Waals surface area (Å²) in [5.41, 5.74) is 1.01. The highest BCUT2D eigenvalue weighted by Crippen LogP contribution is 2.28. The molecule has 1 saturated carbocycles. The number of nitrogens with zero attached hydrogens (tertiary/aromatic N) is 5. The monoisotopic (exact) mass is 504 g/mol.